The van der Waals surface area contributed by atoms with Crippen LogP contribution in [0.1, 0.15) is 16.7 Å². The van der Waals surface area contributed by atoms with Gasteiger partial charge in [0.15, 0.2) is 0 Å². The summed E-state index contributed by atoms with van der Waals surface area (Å²) in [5.41, 5.74) is 3.37. The molecule has 2 rings (SSSR count). The second-order valence-electron chi connectivity index (χ2n) is 4.23. The molecule has 1 nitrogen and oxygen atoms in total. The first-order valence-electron chi connectivity index (χ1n) is 6.11. The molecule has 0 amide bonds. The summed E-state index contributed by atoms with van der Waals surface area (Å²) >= 11 is 5.51. The van der Waals surface area contributed by atoms with Crippen molar-refractivity contribution in [3.8, 4) is 17.6 Å². The molecule has 0 aromatic heterocycles. The third kappa shape index (κ3) is 4.35. The third-order valence-corrected chi connectivity index (χ3v) is 2.81. The zero-order valence-corrected chi connectivity index (χ0v) is 11.6. The van der Waals surface area contributed by atoms with Crippen molar-refractivity contribution in [2.24, 2.45) is 0 Å². The number of alkyl halides is 1. The van der Waals surface area contributed by atoms with E-state index in [0.717, 1.165) is 16.9 Å². The lowest BCUT2D eigenvalue weighted by Crippen LogP contribution is -1.95. The molecule has 0 aliphatic heterocycles. The van der Waals surface area contributed by atoms with Gasteiger partial charge in [-0.2, -0.15) is 0 Å². The summed E-state index contributed by atoms with van der Waals surface area (Å²) in [7, 11) is 0. The Morgan fingerprint density at radius 1 is 1.00 bits per heavy atom. The highest BCUT2D eigenvalue weighted by molar-refractivity contribution is 6.19. The molecule has 0 heterocycles. The monoisotopic (exact) mass is 270 g/mol. The molecule has 0 saturated heterocycles. The zero-order chi connectivity index (χ0) is 13.5. The van der Waals surface area contributed by atoms with Gasteiger partial charge < -0.3 is 4.74 Å². The second-order valence-corrected chi connectivity index (χ2v) is 4.50. The molecular formula is C17H15ClO. The first-order valence-corrected chi connectivity index (χ1v) is 6.64. The minimum atomic E-state index is 0.353. The number of halogens is 1. The predicted molar refractivity (Wildman–Crippen MR) is 79.6 cm³/mol. The van der Waals surface area contributed by atoms with Crippen LogP contribution in [0, 0.1) is 18.8 Å². The fourth-order valence-electron chi connectivity index (χ4n) is 1.62. The smallest absolute Gasteiger partial charge is 0.119 e. The van der Waals surface area contributed by atoms with Crippen LogP contribution in [0.25, 0.3) is 0 Å². The molecule has 0 N–H and O–H groups in total. The van der Waals surface area contributed by atoms with E-state index in [-0.39, 0.29) is 0 Å². The van der Waals surface area contributed by atoms with E-state index in [2.05, 4.69) is 43.0 Å². The molecule has 0 spiro atoms. The van der Waals surface area contributed by atoms with Crippen LogP contribution in [0.3, 0.4) is 0 Å². The van der Waals surface area contributed by atoms with Crippen LogP contribution in [-0.4, -0.2) is 5.88 Å². The lowest BCUT2D eigenvalue weighted by molar-refractivity contribution is 0.306. The van der Waals surface area contributed by atoms with Gasteiger partial charge in [-0.1, -0.05) is 41.7 Å². The topological polar surface area (TPSA) is 9.23 Å². The molecule has 96 valence electrons. The van der Waals surface area contributed by atoms with Gasteiger partial charge in [0.25, 0.3) is 0 Å². The third-order valence-electron chi connectivity index (χ3n) is 2.68. The highest BCUT2D eigenvalue weighted by Gasteiger charge is 1.96. The quantitative estimate of drug-likeness (QED) is 0.601. The summed E-state index contributed by atoms with van der Waals surface area (Å²) in [6, 6.07) is 16.0. The highest BCUT2D eigenvalue weighted by atomic mass is 35.5. The molecule has 0 atom stereocenters. The van der Waals surface area contributed by atoms with Gasteiger partial charge in [-0.15, -0.1) is 11.6 Å². The van der Waals surface area contributed by atoms with Crippen molar-refractivity contribution >= 4 is 11.6 Å². The van der Waals surface area contributed by atoms with Crippen LogP contribution >= 0.6 is 11.6 Å². The van der Waals surface area contributed by atoms with E-state index in [1.807, 2.05) is 24.3 Å². The molecule has 0 radical (unpaired) electrons. The van der Waals surface area contributed by atoms with E-state index >= 15 is 0 Å². The number of ether oxygens (including phenoxy) is 1. The molecule has 0 bridgehead atoms. The van der Waals surface area contributed by atoms with Crippen molar-refractivity contribution in [3.63, 3.8) is 0 Å². The fourth-order valence-corrected chi connectivity index (χ4v) is 1.69. The van der Waals surface area contributed by atoms with Crippen LogP contribution in [0.4, 0.5) is 0 Å². The zero-order valence-electron chi connectivity index (χ0n) is 10.8. The number of rotatable bonds is 3. The highest BCUT2D eigenvalue weighted by Crippen LogP contribution is 2.14. The number of aryl methyl sites for hydroxylation is 1. The Labute approximate surface area is 119 Å². The molecule has 0 fully saturated rings. The molecule has 2 aromatic carbocycles. The van der Waals surface area contributed by atoms with Crippen molar-refractivity contribution in [1.29, 1.82) is 0 Å². The minimum absolute atomic E-state index is 0.353. The Kier molecular flexibility index (Phi) is 4.89. The van der Waals surface area contributed by atoms with E-state index in [4.69, 9.17) is 16.3 Å². The Morgan fingerprint density at radius 2 is 1.68 bits per heavy atom. The maximum atomic E-state index is 5.72. The van der Waals surface area contributed by atoms with E-state index in [1.165, 1.54) is 5.56 Å². The van der Waals surface area contributed by atoms with Crippen LogP contribution in [0.2, 0.25) is 0 Å². The molecule has 2 heteroatoms. The average molecular weight is 271 g/mol. The Bertz CT molecular complexity index is 573. The normalized spacial score (nSPS) is 9.58. The SMILES string of the molecule is Cc1ccc(COc2ccc(C#CCCl)cc2)cc1. The van der Waals surface area contributed by atoms with Crippen molar-refractivity contribution in [1.82, 2.24) is 0 Å². The van der Waals surface area contributed by atoms with Gasteiger partial charge in [0, 0.05) is 5.56 Å². The minimum Gasteiger partial charge on any atom is -0.489 e. The van der Waals surface area contributed by atoms with Gasteiger partial charge in [0.2, 0.25) is 0 Å². The summed E-state index contributed by atoms with van der Waals surface area (Å²) in [6.07, 6.45) is 0. The van der Waals surface area contributed by atoms with Gasteiger partial charge >= 0.3 is 0 Å². The van der Waals surface area contributed by atoms with Crippen molar-refractivity contribution in [2.45, 2.75) is 13.5 Å². The van der Waals surface area contributed by atoms with Gasteiger partial charge in [-0.25, -0.2) is 0 Å². The van der Waals surface area contributed by atoms with Gasteiger partial charge in [0.1, 0.15) is 12.4 Å². The first-order chi connectivity index (χ1) is 9.28. The maximum Gasteiger partial charge on any atom is 0.119 e. The summed E-state index contributed by atoms with van der Waals surface area (Å²) in [4.78, 5) is 0. The molecule has 0 aliphatic rings. The molecule has 0 saturated carbocycles. The van der Waals surface area contributed by atoms with Gasteiger partial charge in [-0.05, 0) is 36.8 Å². The predicted octanol–water partition coefficient (Wildman–Crippen LogP) is 4.16. The maximum absolute atomic E-state index is 5.72. The molecule has 0 unspecified atom stereocenters. The Hall–Kier alpha value is -1.91. The van der Waals surface area contributed by atoms with E-state index < -0.39 is 0 Å². The summed E-state index contributed by atoms with van der Waals surface area (Å²) in [6.45, 7) is 2.65. The van der Waals surface area contributed by atoms with Crippen molar-refractivity contribution in [2.75, 3.05) is 5.88 Å². The van der Waals surface area contributed by atoms with E-state index in [1.54, 1.807) is 0 Å². The molecule has 2 aromatic rings. The standard InChI is InChI=1S/C17H15ClO/c1-14-4-6-16(7-5-14)13-19-17-10-8-15(9-11-17)3-2-12-18/h4-11H,12-13H2,1H3. The lowest BCUT2D eigenvalue weighted by atomic mass is 10.2. The fraction of sp³-hybridized carbons (Fsp3) is 0.176. The van der Waals surface area contributed by atoms with Crippen molar-refractivity contribution in [3.05, 3.63) is 65.2 Å². The second kappa shape index (κ2) is 6.87. The van der Waals surface area contributed by atoms with Gasteiger partial charge in [-0.3, -0.25) is 0 Å². The number of hydrogen-bond acceptors (Lipinski definition) is 1. The van der Waals surface area contributed by atoms with E-state index in [0.29, 0.717) is 12.5 Å². The van der Waals surface area contributed by atoms with Crippen LogP contribution in [0.5, 0.6) is 5.75 Å². The molecule has 0 aliphatic carbocycles. The summed E-state index contributed by atoms with van der Waals surface area (Å²) < 4.78 is 5.72. The van der Waals surface area contributed by atoms with Crippen LogP contribution in [0.15, 0.2) is 48.5 Å². The number of benzene rings is 2. The average Bonchev–Trinajstić information content (AvgIpc) is 2.46. The molecular weight excluding hydrogens is 256 g/mol. The summed E-state index contributed by atoms with van der Waals surface area (Å²) in [5, 5.41) is 0. The van der Waals surface area contributed by atoms with E-state index in [9.17, 15) is 0 Å². The lowest BCUT2D eigenvalue weighted by Gasteiger charge is -2.06. The first kappa shape index (κ1) is 13.5. The summed E-state index contributed by atoms with van der Waals surface area (Å²) in [5.74, 6) is 6.98. The Balaban J connectivity index is 1.94. The molecule has 19 heavy (non-hydrogen) atoms. The Morgan fingerprint density at radius 3 is 2.32 bits per heavy atom. The van der Waals surface area contributed by atoms with Crippen LogP contribution in [-0.2, 0) is 6.61 Å². The number of hydrogen-bond donors (Lipinski definition) is 0. The van der Waals surface area contributed by atoms with Crippen LogP contribution < -0.4 is 4.74 Å². The largest absolute Gasteiger partial charge is 0.489 e. The van der Waals surface area contributed by atoms with Crippen molar-refractivity contribution < 1.29 is 4.74 Å². The van der Waals surface area contributed by atoms with Gasteiger partial charge in [0.05, 0.1) is 5.88 Å².